The molecule has 39 heavy (non-hydrogen) atoms. The average molecular weight is 563 g/mol. The number of hydrogen-bond acceptors (Lipinski definition) is 5. The van der Waals surface area contributed by atoms with Gasteiger partial charge in [0.1, 0.15) is 5.78 Å². The van der Waals surface area contributed by atoms with Crippen molar-refractivity contribution >= 4 is 44.9 Å². The van der Waals surface area contributed by atoms with Gasteiger partial charge in [-0.3, -0.25) is 14.5 Å². The van der Waals surface area contributed by atoms with Crippen molar-refractivity contribution in [3.8, 4) is 11.1 Å². The highest BCUT2D eigenvalue weighted by Crippen LogP contribution is 2.31. The molecule has 5 rings (SSSR count). The molecule has 202 valence electrons. The summed E-state index contributed by atoms with van der Waals surface area (Å²) in [5, 5.41) is 3.55. The molecule has 2 aliphatic rings. The van der Waals surface area contributed by atoms with Crippen LogP contribution in [0.2, 0.25) is 5.02 Å². The first-order valence-electron chi connectivity index (χ1n) is 13.1. The molecule has 1 amide bonds. The smallest absolute Gasteiger partial charge is 0.251 e. The van der Waals surface area contributed by atoms with Crippen molar-refractivity contribution < 1.29 is 18.0 Å². The Kier molecular flexibility index (Phi) is 8.03. The molecule has 1 heterocycles. The molecule has 6 nitrogen and oxygen atoms in total. The highest BCUT2D eigenvalue weighted by molar-refractivity contribution is 7.91. The van der Waals surface area contributed by atoms with Crippen molar-refractivity contribution in [1.82, 2.24) is 4.90 Å². The predicted molar refractivity (Wildman–Crippen MR) is 155 cm³/mol. The van der Waals surface area contributed by atoms with Crippen LogP contribution in [-0.2, 0) is 26.0 Å². The number of carbonyl (C=O) groups excluding carboxylic acids is 2. The molecule has 1 aliphatic carbocycles. The number of nitrogens with zero attached hydrogens (tertiary/aromatic N) is 1. The average Bonchev–Trinajstić information content (AvgIpc) is 3.06. The molecule has 1 fully saturated rings. The topological polar surface area (TPSA) is 83.6 Å². The SMILES string of the molecule is CN(Cc1ccc(NC(=O)C2=Cc3cc(-c4ccc(Cl)cc4)ccc3S(=O)(=O)CC2)cc1)C1CCC(=O)CC1. The zero-order chi connectivity index (χ0) is 27.6. The fourth-order valence-electron chi connectivity index (χ4n) is 5.25. The summed E-state index contributed by atoms with van der Waals surface area (Å²) in [4.78, 5) is 27.3. The maximum atomic E-state index is 13.2. The summed E-state index contributed by atoms with van der Waals surface area (Å²) < 4.78 is 25.9. The van der Waals surface area contributed by atoms with Gasteiger partial charge in [-0.25, -0.2) is 8.42 Å². The lowest BCUT2D eigenvalue weighted by Gasteiger charge is -2.30. The van der Waals surface area contributed by atoms with Gasteiger partial charge in [-0.1, -0.05) is 41.9 Å². The van der Waals surface area contributed by atoms with Crippen LogP contribution in [-0.4, -0.2) is 43.9 Å². The third kappa shape index (κ3) is 6.49. The molecule has 0 atom stereocenters. The van der Waals surface area contributed by atoms with Crippen molar-refractivity contribution in [1.29, 1.82) is 0 Å². The van der Waals surface area contributed by atoms with Crippen LogP contribution in [0.1, 0.15) is 43.2 Å². The van der Waals surface area contributed by atoms with E-state index in [1.807, 2.05) is 42.5 Å². The van der Waals surface area contributed by atoms with Gasteiger partial charge in [0.25, 0.3) is 5.91 Å². The largest absolute Gasteiger partial charge is 0.322 e. The van der Waals surface area contributed by atoms with Crippen LogP contribution in [0.15, 0.2) is 77.2 Å². The molecular weight excluding hydrogens is 532 g/mol. The van der Waals surface area contributed by atoms with E-state index in [1.165, 1.54) is 0 Å². The van der Waals surface area contributed by atoms with Crippen LogP contribution in [0, 0.1) is 0 Å². The molecule has 3 aromatic carbocycles. The molecule has 0 aromatic heterocycles. The second-order valence-electron chi connectivity index (χ2n) is 10.3. The minimum atomic E-state index is -3.53. The molecule has 0 radical (unpaired) electrons. The third-order valence-electron chi connectivity index (χ3n) is 7.56. The molecule has 0 spiro atoms. The van der Waals surface area contributed by atoms with Gasteiger partial charge in [0.05, 0.1) is 10.6 Å². The molecular formula is C31H31ClN2O4S. The van der Waals surface area contributed by atoms with Crippen molar-refractivity contribution in [2.75, 3.05) is 18.1 Å². The first-order valence-corrected chi connectivity index (χ1v) is 15.2. The zero-order valence-electron chi connectivity index (χ0n) is 21.8. The number of sulfone groups is 1. The van der Waals surface area contributed by atoms with Gasteiger partial charge in [-0.15, -0.1) is 0 Å². The Bertz CT molecular complexity index is 1520. The van der Waals surface area contributed by atoms with Crippen LogP contribution >= 0.6 is 11.6 Å². The minimum absolute atomic E-state index is 0.127. The number of nitrogens with one attached hydrogen (secondary N) is 1. The number of benzene rings is 3. The van der Waals surface area contributed by atoms with Crippen molar-refractivity contribution in [2.45, 2.75) is 49.6 Å². The molecule has 0 saturated heterocycles. The van der Waals surface area contributed by atoms with Crippen LogP contribution in [0.25, 0.3) is 17.2 Å². The minimum Gasteiger partial charge on any atom is -0.322 e. The summed E-state index contributed by atoms with van der Waals surface area (Å²) in [7, 11) is -1.45. The monoisotopic (exact) mass is 562 g/mol. The van der Waals surface area contributed by atoms with Gasteiger partial charge in [0.2, 0.25) is 0 Å². The van der Waals surface area contributed by atoms with Crippen molar-refractivity contribution in [3.63, 3.8) is 0 Å². The van der Waals surface area contributed by atoms with Crippen LogP contribution in [0.5, 0.6) is 0 Å². The summed E-state index contributed by atoms with van der Waals surface area (Å²) in [5.74, 6) is -0.0873. The second kappa shape index (κ2) is 11.5. The van der Waals surface area contributed by atoms with E-state index in [0.717, 1.165) is 36.1 Å². The van der Waals surface area contributed by atoms with E-state index in [-0.39, 0.29) is 23.0 Å². The number of anilines is 1. The number of fused-ring (bicyclic) bond motifs is 1. The maximum Gasteiger partial charge on any atom is 0.251 e. The number of amides is 1. The van der Waals surface area contributed by atoms with Gasteiger partial charge in [-0.2, -0.15) is 0 Å². The summed E-state index contributed by atoms with van der Waals surface area (Å²) in [6.07, 6.45) is 4.93. The Labute approximate surface area is 234 Å². The van der Waals surface area contributed by atoms with Gasteiger partial charge in [0, 0.05) is 41.7 Å². The fourth-order valence-corrected chi connectivity index (χ4v) is 6.83. The summed E-state index contributed by atoms with van der Waals surface area (Å²) in [5.41, 5.74) is 4.45. The number of carbonyl (C=O) groups is 2. The van der Waals surface area contributed by atoms with Crippen LogP contribution < -0.4 is 5.32 Å². The first-order chi connectivity index (χ1) is 18.7. The number of ketones is 1. The van der Waals surface area contributed by atoms with E-state index in [4.69, 9.17) is 11.6 Å². The fraction of sp³-hybridized carbons (Fsp3) is 0.290. The molecule has 1 N–H and O–H groups in total. The Morgan fingerprint density at radius 1 is 0.949 bits per heavy atom. The molecule has 1 aliphatic heterocycles. The van der Waals surface area contributed by atoms with Crippen molar-refractivity contribution in [3.05, 3.63) is 88.5 Å². The van der Waals surface area contributed by atoms with Gasteiger partial charge in [-0.05, 0) is 91.0 Å². The van der Waals surface area contributed by atoms with E-state index in [0.29, 0.717) is 46.5 Å². The lowest BCUT2D eigenvalue weighted by Crippen LogP contribution is -2.34. The lowest BCUT2D eigenvalue weighted by molar-refractivity contribution is -0.121. The molecule has 8 heteroatoms. The van der Waals surface area contributed by atoms with Crippen molar-refractivity contribution in [2.24, 2.45) is 0 Å². The highest BCUT2D eigenvalue weighted by Gasteiger charge is 2.25. The summed E-state index contributed by atoms with van der Waals surface area (Å²) in [6.45, 7) is 0.767. The summed E-state index contributed by atoms with van der Waals surface area (Å²) in [6, 6.07) is 20.7. The quantitative estimate of drug-likeness (QED) is 0.389. The molecule has 0 bridgehead atoms. The number of rotatable bonds is 6. The highest BCUT2D eigenvalue weighted by atomic mass is 35.5. The van der Waals surface area contributed by atoms with Crippen LogP contribution in [0.3, 0.4) is 0 Å². The predicted octanol–water partition coefficient (Wildman–Crippen LogP) is 6.15. The van der Waals surface area contributed by atoms with E-state index in [9.17, 15) is 18.0 Å². The Morgan fingerprint density at radius 3 is 2.31 bits per heavy atom. The zero-order valence-corrected chi connectivity index (χ0v) is 23.4. The third-order valence-corrected chi connectivity index (χ3v) is 9.60. The van der Waals surface area contributed by atoms with E-state index in [2.05, 4.69) is 17.3 Å². The normalized spacial score (nSPS) is 17.3. The number of halogens is 1. The Balaban J connectivity index is 1.30. The van der Waals surface area contributed by atoms with E-state index >= 15 is 0 Å². The first kappa shape index (κ1) is 27.3. The number of Topliss-reactive ketones (excluding diaryl/α,β-unsaturated/α-hetero) is 1. The number of hydrogen-bond donors (Lipinski definition) is 1. The Morgan fingerprint density at radius 2 is 1.62 bits per heavy atom. The van der Waals surface area contributed by atoms with E-state index in [1.54, 1.807) is 30.3 Å². The molecule has 0 unspecified atom stereocenters. The van der Waals surface area contributed by atoms with Crippen LogP contribution in [0.4, 0.5) is 5.69 Å². The standard InChI is InChI=1S/C31H31ClN2O4S/c1-34(28-11-13-29(35)14-12-28)20-21-2-9-27(10-3-21)33-31(36)24-16-17-39(37,38)30-15-6-23(18-25(30)19-24)22-4-7-26(32)8-5-22/h2-10,15,18-19,28H,11-14,16-17,20H2,1H3,(H,33,36). The van der Waals surface area contributed by atoms with Gasteiger partial charge >= 0.3 is 0 Å². The Hall–Kier alpha value is -3.26. The van der Waals surface area contributed by atoms with Gasteiger partial charge < -0.3 is 5.32 Å². The second-order valence-corrected chi connectivity index (χ2v) is 12.8. The van der Waals surface area contributed by atoms with Gasteiger partial charge in [0.15, 0.2) is 9.84 Å². The summed E-state index contributed by atoms with van der Waals surface area (Å²) >= 11 is 6.02. The lowest BCUT2D eigenvalue weighted by atomic mass is 9.93. The molecule has 3 aromatic rings. The maximum absolute atomic E-state index is 13.2. The van der Waals surface area contributed by atoms with E-state index < -0.39 is 9.84 Å². The molecule has 1 saturated carbocycles.